The number of hydrogen-bond donors (Lipinski definition) is 1. The fourth-order valence-corrected chi connectivity index (χ4v) is 4.39. The number of fused-ring (bicyclic) bond motifs is 2. The highest BCUT2D eigenvalue weighted by Crippen LogP contribution is 2.39. The Morgan fingerprint density at radius 1 is 0.833 bits per heavy atom. The molecule has 0 fully saturated rings. The van der Waals surface area contributed by atoms with Crippen molar-refractivity contribution in [3.63, 3.8) is 0 Å². The maximum Gasteiger partial charge on any atom is 0.259 e. The summed E-state index contributed by atoms with van der Waals surface area (Å²) in [7, 11) is 5.40. The molecule has 2 amide bonds. The highest BCUT2D eigenvalue weighted by molar-refractivity contribution is 6.50. The van der Waals surface area contributed by atoms with Gasteiger partial charge < -0.3 is 13.9 Å². The van der Waals surface area contributed by atoms with Crippen molar-refractivity contribution in [3.05, 3.63) is 64.9 Å². The summed E-state index contributed by atoms with van der Waals surface area (Å²) in [5.41, 5.74) is 3.94. The monoisotopic (exact) mass is 419 g/mol. The molecule has 0 saturated carbocycles. The van der Waals surface area contributed by atoms with Gasteiger partial charge in [-0.1, -0.05) is 17.7 Å². The maximum atomic E-state index is 12.9. The van der Waals surface area contributed by atoms with Crippen LogP contribution in [-0.2, 0) is 23.7 Å². The molecule has 0 spiro atoms. The lowest BCUT2D eigenvalue weighted by molar-refractivity contribution is -0.122. The number of rotatable bonds is 3. The van der Waals surface area contributed by atoms with Crippen molar-refractivity contribution in [2.45, 2.75) is 0 Å². The van der Waals surface area contributed by atoms with Crippen LogP contribution in [0.4, 0.5) is 0 Å². The van der Waals surface area contributed by atoms with Gasteiger partial charge in [-0.3, -0.25) is 14.9 Å². The predicted molar refractivity (Wildman–Crippen MR) is 117 cm³/mol. The van der Waals surface area contributed by atoms with Crippen LogP contribution in [0, 0.1) is 0 Å². The first kappa shape index (κ1) is 18.5. The third kappa shape index (κ3) is 2.57. The fourth-order valence-electron chi connectivity index (χ4n) is 4.22. The Morgan fingerprint density at radius 2 is 1.47 bits per heavy atom. The molecule has 0 radical (unpaired) electrons. The standard InChI is InChI=1S/C23H18ClN3O3/c1-26-11-17(15-9-13(30-3)5-7-18(15)26)21-20(22(28)25-23(21)29)16-10-27(2)19-8-12(24)4-6-14(16)19/h4-11H,1-3H3,(H,25,28,29). The van der Waals surface area contributed by atoms with Gasteiger partial charge in [0.2, 0.25) is 0 Å². The summed E-state index contributed by atoms with van der Waals surface area (Å²) in [4.78, 5) is 25.8. The number of nitrogens with one attached hydrogen (secondary N) is 1. The van der Waals surface area contributed by atoms with E-state index in [-0.39, 0.29) is 0 Å². The molecule has 2 aromatic heterocycles. The Hall–Kier alpha value is -3.51. The molecule has 0 saturated heterocycles. The third-order valence-corrected chi connectivity index (χ3v) is 5.85. The lowest BCUT2D eigenvalue weighted by Crippen LogP contribution is -2.22. The molecule has 0 unspecified atom stereocenters. The van der Waals surface area contributed by atoms with E-state index < -0.39 is 11.8 Å². The molecular weight excluding hydrogens is 402 g/mol. The molecule has 4 aromatic rings. The average Bonchev–Trinajstić information content (AvgIpc) is 3.32. The van der Waals surface area contributed by atoms with Crippen molar-refractivity contribution in [1.82, 2.24) is 14.5 Å². The van der Waals surface area contributed by atoms with Crippen molar-refractivity contribution in [3.8, 4) is 5.75 Å². The van der Waals surface area contributed by atoms with E-state index in [2.05, 4.69) is 5.32 Å². The summed E-state index contributed by atoms with van der Waals surface area (Å²) in [6.45, 7) is 0. The first-order valence-electron chi connectivity index (χ1n) is 9.37. The van der Waals surface area contributed by atoms with Gasteiger partial charge in [0.1, 0.15) is 5.75 Å². The van der Waals surface area contributed by atoms with E-state index in [4.69, 9.17) is 16.3 Å². The molecule has 2 aromatic carbocycles. The zero-order chi connectivity index (χ0) is 21.2. The minimum absolute atomic E-state index is 0.362. The lowest BCUT2D eigenvalue weighted by Gasteiger charge is -2.04. The zero-order valence-corrected chi connectivity index (χ0v) is 17.4. The summed E-state index contributed by atoms with van der Waals surface area (Å²) in [5.74, 6) is -0.129. The van der Waals surface area contributed by atoms with Gasteiger partial charge in [0.25, 0.3) is 11.8 Å². The number of amides is 2. The maximum absolute atomic E-state index is 12.9. The van der Waals surface area contributed by atoms with Gasteiger partial charge in [0.15, 0.2) is 0 Å². The van der Waals surface area contributed by atoms with Gasteiger partial charge in [0, 0.05) is 64.4 Å². The molecule has 5 rings (SSSR count). The number of methoxy groups -OCH3 is 1. The number of aromatic nitrogens is 2. The smallest absolute Gasteiger partial charge is 0.259 e. The summed E-state index contributed by atoms with van der Waals surface area (Å²) in [5, 5.41) is 4.79. The molecule has 7 heteroatoms. The van der Waals surface area contributed by atoms with E-state index in [1.165, 1.54) is 0 Å². The summed E-state index contributed by atoms with van der Waals surface area (Å²) in [6, 6.07) is 11.2. The molecule has 30 heavy (non-hydrogen) atoms. The normalized spacial score (nSPS) is 14.3. The molecule has 1 aliphatic heterocycles. The number of imide groups is 1. The fraction of sp³-hybridized carbons (Fsp3) is 0.130. The second kappa shape index (κ2) is 6.50. The van der Waals surface area contributed by atoms with Gasteiger partial charge in [-0.2, -0.15) is 0 Å². The van der Waals surface area contributed by atoms with E-state index in [0.29, 0.717) is 33.0 Å². The minimum Gasteiger partial charge on any atom is -0.497 e. The van der Waals surface area contributed by atoms with Crippen LogP contribution in [0.3, 0.4) is 0 Å². The first-order valence-corrected chi connectivity index (χ1v) is 9.75. The van der Waals surface area contributed by atoms with Crippen LogP contribution in [-0.4, -0.2) is 28.1 Å². The van der Waals surface area contributed by atoms with E-state index in [0.717, 1.165) is 21.8 Å². The molecule has 0 atom stereocenters. The van der Waals surface area contributed by atoms with Crippen molar-refractivity contribution in [2.24, 2.45) is 14.1 Å². The Kier molecular flexibility index (Phi) is 4.01. The van der Waals surface area contributed by atoms with Crippen LogP contribution in [0.25, 0.3) is 33.0 Å². The number of ether oxygens (including phenoxy) is 1. The zero-order valence-electron chi connectivity index (χ0n) is 16.6. The topological polar surface area (TPSA) is 65.3 Å². The van der Waals surface area contributed by atoms with Crippen molar-refractivity contribution >= 4 is 56.4 Å². The average molecular weight is 420 g/mol. The van der Waals surface area contributed by atoms with E-state index in [1.54, 1.807) is 13.2 Å². The van der Waals surface area contributed by atoms with E-state index in [9.17, 15) is 9.59 Å². The predicted octanol–water partition coefficient (Wildman–Crippen LogP) is 3.90. The van der Waals surface area contributed by atoms with Crippen LogP contribution >= 0.6 is 11.6 Å². The molecule has 1 N–H and O–H groups in total. The van der Waals surface area contributed by atoms with Crippen LogP contribution in [0.15, 0.2) is 48.8 Å². The van der Waals surface area contributed by atoms with E-state index in [1.807, 2.05) is 66.0 Å². The van der Waals surface area contributed by atoms with Crippen LogP contribution < -0.4 is 10.1 Å². The molecule has 1 aliphatic rings. The molecule has 0 bridgehead atoms. The molecule has 150 valence electrons. The lowest BCUT2D eigenvalue weighted by atomic mass is 9.95. The SMILES string of the molecule is COc1ccc2c(c1)c(C1=C(c3cn(C)c4cc(Cl)ccc34)C(=O)NC1=O)cn2C. The van der Waals surface area contributed by atoms with Crippen LogP contribution in [0.2, 0.25) is 5.02 Å². The number of nitrogens with zero attached hydrogens (tertiary/aromatic N) is 2. The first-order chi connectivity index (χ1) is 14.4. The summed E-state index contributed by atoms with van der Waals surface area (Å²) >= 11 is 6.16. The van der Waals surface area contributed by atoms with Gasteiger partial charge in [-0.05, 0) is 30.3 Å². The van der Waals surface area contributed by atoms with Crippen LogP contribution in [0.1, 0.15) is 11.1 Å². The Morgan fingerprint density at radius 3 is 2.13 bits per heavy atom. The number of hydrogen-bond acceptors (Lipinski definition) is 3. The molecular formula is C23H18ClN3O3. The van der Waals surface area contributed by atoms with Crippen molar-refractivity contribution in [1.29, 1.82) is 0 Å². The Labute approximate surface area is 177 Å². The molecule has 3 heterocycles. The largest absolute Gasteiger partial charge is 0.497 e. The molecule has 0 aliphatic carbocycles. The van der Waals surface area contributed by atoms with Gasteiger partial charge in [-0.25, -0.2) is 0 Å². The van der Waals surface area contributed by atoms with Crippen LogP contribution in [0.5, 0.6) is 5.75 Å². The number of benzene rings is 2. The summed E-state index contributed by atoms with van der Waals surface area (Å²) in [6.07, 6.45) is 3.74. The summed E-state index contributed by atoms with van der Waals surface area (Å²) < 4.78 is 9.22. The highest BCUT2D eigenvalue weighted by Gasteiger charge is 2.35. The van der Waals surface area contributed by atoms with Crippen molar-refractivity contribution in [2.75, 3.05) is 7.11 Å². The Bertz CT molecular complexity index is 1420. The van der Waals surface area contributed by atoms with Crippen molar-refractivity contribution < 1.29 is 14.3 Å². The number of halogens is 1. The number of aryl methyl sites for hydroxylation is 2. The second-order valence-corrected chi connectivity index (χ2v) is 7.82. The Balaban J connectivity index is 1.86. The second-order valence-electron chi connectivity index (χ2n) is 7.39. The third-order valence-electron chi connectivity index (χ3n) is 5.62. The highest BCUT2D eigenvalue weighted by atomic mass is 35.5. The van der Waals surface area contributed by atoms with Gasteiger partial charge >= 0.3 is 0 Å². The number of carbonyl (C=O) groups is 2. The van der Waals surface area contributed by atoms with Gasteiger partial charge in [0.05, 0.1) is 18.3 Å². The van der Waals surface area contributed by atoms with Gasteiger partial charge in [-0.15, -0.1) is 0 Å². The number of carbonyl (C=O) groups excluding carboxylic acids is 2. The van der Waals surface area contributed by atoms with E-state index >= 15 is 0 Å². The minimum atomic E-state index is -0.406. The quantitative estimate of drug-likeness (QED) is 0.512. The molecule has 6 nitrogen and oxygen atoms in total.